The standard InChI is InChI=1S/C26H36N4O3/c1-5-29-13-15-30(16-14-29)19-21-11-9-20(10-12-21)18-27-24(31)22-7-6-8-23(17-22)28-25(32)33-26(2,3)4/h6-12,17H,5,13-16,18-19H2,1-4H3,(H,27,31)(H,28,32). The third-order valence-electron chi connectivity index (χ3n) is 5.56. The number of hydrogen-bond acceptors (Lipinski definition) is 5. The molecule has 33 heavy (non-hydrogen) atoms. The minimum atomic E-state index is -0.585. The molecule has 7 nitrogen and oxygen atoms in total. The summed E-state index contributed by atoms with van der Waals surface area (Å²) in [7, 11) is 0. The molecule has 2 N–H and O–H groups in total. The van der Waals surface area contributed by atoms with E-state index >= 15 is 0 Å². The van der Waals surface area contributed by atoms with Gasteiger partial charge in [-0.3, -0.25) is 15.0 Å². The molecule has 2 aromatic rings. The van der Waals surface area contributed by atoms with Crippen LogP contribution < -0.4 is 10.6 Å². The summed E-state index contributed by atoms with van der Waals surface area (Å²) in [5, 5.41) is 5.61. The highest BCUT2D eigenvalue weighted by molar-refractivity contribution is 5.96. The lowest BCUT2D eigenvalue weighted by Crippen LogP contribution is -2.45. The normalized spacial score (nSPS) is 15.2. The third kappa shape index (κ3) is 8.18. The van der Waals surface area contributed by atoms with Gasteiger partial charge in [-0.25, -0.2) is 4.79 Å². The summed E-state index contributed by atoms with van der Waals surface area (Å²) in [5.41, 5.74) is 2.74. The molecule has 1 aliphatic heterocycles. The minimum absolute atomic E-state index is 0.194. The SMILES string of the molecule is CCN1CCN(Cc2ccc(CNC(=O)c3cccc(NC(=O)OC(C)(C)C)c3)cc2)CC1. The zero-order chi connectivity index (χ0) is 23.8. The van der Waals surface area contributed by atoms with Crippen LogP contribution in [-0.2, 0) is 17.8 Å². The van der Waals surface area contributed by atoms with Crippen LogP contribution >= 0.6 is 0 Å². The highest BCUT2D eigenvalue weighted by atomic mass is 16.6. The van der Waals surface area contributed by atoms with E-state index in [1.165, 1.54) is 5.56 Å². The number of nitrogens with zero attached hydrogens (tertiary/aromatic N) is 2. The summed E-state index contributed by atoms with van der Waals surface area (Å²) in [5.74, 6) is -0.194. The van der Waals surface area contributed by atoms with Gasteiger partial charge in [-0.1, -0.05) is 37.3 Å². The number of hydrogen-bond donors (Lipinski definition) is 2. The average molecular weight is 453 g/mol. The minimum Gasteiger partial charge on any atom is -0.444 e. The molecule has 0 saturated carbocycles. The van der Waals surface area contributed by atoms with Gasteiger partial charge >= 0.3 is 6.09 Å². The van der Waals surface area contributed by atoms with Crippen molar-refractivity contribution in [2.75, 3.05) is 38.0 Å². The second-order valence-electron chi connectivity index (χ2n) is 9.42. The van der Waals surface area contributed by atoms with Crippen molar-refractivity contribution in [3.8, 4) is 0 Å². The molecule has 1 saturated heterocycles. The Morgan fingerprint density at radius 3 is 2.21 bits per heavy atom. The molecular weight excluding hydrogens is 416 g/mol. The van der Waals surface area contributed by atoms with Gasteiger partial charge < -0.3 is 15.0 Å². The Morgan fingerprint density at radius 1 is 0.939 bits per heavy atom. The lowest BCUT2D eigenvalue weighted by atomic mass is 10.1. The molecule has 1 fully saturated rings. The van der Waals surface area contributed by atoms with Crippen molar-refractivity contribution in [2.24, 2.45) is 0 Å². The largest absolute Gasteiger partial charge is 0.444 e. The smallest absolute Gasteiger partial charge is 0.412 e. The fraction of sp³-hybridized carbons (Fsp3) is 0.462. The Bertz CT molecular complexity index is 929. The number of carbonyl (C=O) groups excluding carboxylic acids is 2. The summed E-state index contributed by atoms with van der Waals surface area (Å²) in [4.78, 5) is 29.5. The first-order chi connectivity index (χ1) is 15.7. The van der Waals surface area contributed by atoms with Crippen molar-refractivity contribution in [1.29, 1.82) is 0 Å². The van der Waals surface area contributed by atoms with Gasteiger partial charge in [-0.2, -0.15) is 0 Å². The lowest BCUT2D eigenvalue weighted by Gasteiger charge is -2.34. The fourth-order valence-electron chi connectivity index (χ4n) is 3.73. The zero-order valence-corrected chi connectivity index (χ0v) is 20.2. The van der Waals surface area contributed by atoms with Gasteiger partial charge in [0.1, 0.15) is 5.60 Å². The molecule has 0 spiro atoms. The molecule has 0 radical (unpaired) electrons. The van der Waals surface area contributed by atoms with Crippen molar-refractivity contribution >= 4 is 17.7 Å². The van der Waals surface area contributed by atoms with Gasteiger partial charge in [0.2, 0.25) is 0 Å². The first kappa shape index (κ1) is 24.7. The van der Waals surface area contributed by atoms with Crippen LogP contribution in [-0.4, -0.2) is 60.1 Å². The molecule has 0 atom stereocenters. The van der Waals surface area contributed by atoms with Crippen molar-refractivity contribution < 1.29 is 14.3 Å². The van der Waals surface area contributed by atoms with Crippen LogP contribution in [0.1, 0.15) is 49.2 Å². The number of likely N-dealkylation sites (N-methyl/N-ethyl adjacent to an activating group) is 1. The molecule has 0 bridgehead atoms. The van der Waals surface area contributed by atoms with Crippen LogP contribution in [0.25, 0.3) is 0 Å². The Labute approximate surface area is 197 Å². The van der Waals surface area contributed by atoms with Crippen LogP contribution in [0.2, 0.25) is 0 Å². The van der Waals surface area contributed by atoms with Crippen LogP contribution in [0.4, 0.5) is 10.5 Å². The number of benzene rings is 2. The van der Waals surface area contributed by atoms with Crippen LogP contribution in [0.15, 0.2) is 48.5 Å². The van der Waals surface area contributed by atoms with E-state index in [9.17, 15) is 9.59 Å². The highest BCUT2D eigenvalue weighted by Gasteiger charge is 2.17. The van der Waals surface area contributed by atoms with Gasteiger partial charge in [0, 0.05) is 50.5 Å². The van der Waals surface area contributed by atoms with E-state index in [0.29, 0.717) is 17.8 Å². The number of piperazine rings is 1. The predicted octanol–water partition coefficient (Wildman–Crippen LogP) is 4.10. The average Bonchev–Trinajstić information content (AvgIpc) is 2.78. The third-order valence-corrected chi connectivity index (χ3v) is 5.56. The summed E-state index contributed by atoms with van der Waals surface area (Å²) >= 11 is 0. The van der Waals surface area contributed by atoms with E-state index in [1.807, 2.05) is 0 Å². The maximum absolute atomic E-state index is 12.6. The van der Waals surface area contributed by atoms with Gasteiger partial charge in [-0.05, 0) is 56.6 Å². The summed E-state index contributed by atoms with van der Waals surface area (Å²) in [6.45, 7) is 14.6. The van der Waals surface area contributed by atoms with E-state index < -0.39 is 11.7 Å². The van der Waals surface area contributed by atoms with E-state index in [-0.39, 0.29) is 5.91 Å². The highest BCUT2D eigenvalue weighted by Crippen LogP contribution is 2.14. The maximum Gasteiger partial charge on any atom is 0.412 e. The second kappa shape index (κ2) is 11.3. The molecule has 2 aromatic carbocycles. The molecule has 1 heterocycles. The Hall–Kier alpha value is -2.90. The lowest BCUT2D eigenvalue weighted by molar-refractivity contribution is 0.0635. The van der Waals surface area contributed by atoms with Crippen molar-refractivity contribution in [3.63, 3.8) is 0 Å². The topological polar surface area (TPSA) is 73.9 Å². The Kier molecular flexibility index (Phi) is 8.47. The number of carbonyl (C=O) groups is 2. The fourth-order valence-corrected chi connectivity index (χ4v) is 3.73. The van der Waals surface area contributed by atoms with Crippen molar-refractivity contribution in [1.82, 2.24) is 15.1 Å². The number of ether oxygens (including phenoxy) is 1. The van der Waals surface area contributed by atoms with E-state index in [4.69, 9.17) is 4.74 Å². The second-order valence-corrected chi connectivity index (χ2v) is 9.42. The summed E-state index contributed by atoms with van der Waals surface area (Å²) in [6.07, 6.45) is -0.549. The van der Waals surface area contributed by atoms with Gasteiger partial charge in [0.15, 0.2) is 0 Å². The molecule has 0 aliphatic carbocycles. The summed E-state index contributed by atoms with van der Waals surface area (Å²) in [6, 6.07) is 15.2. The van der Waals surface area contributed by atoms with Crippen LogP contribution in [0.3, 0.4) is 0 Å². The van der Waals surface area contributed by atoms with Crippen LogP contribution in [0.5, 0.6) is 0 Å². The van der Waals surface area contributed by atoms with Gasteiger partial charge in [-0.15, -0.1) is 0 Å². The van der Waals surface area contributed by atoms with Gasteiger partial charge in [0.05, 0.1) is 0 Å². The van der Waals surface area contributed by atoms with Crippen LogP contribution in [0, 0.1) is 0 Å². The molecule has 178 valence electrons. The molecule has 0 aromatic heterocycles. The van der Waals surface area contributed by atoms with Crippen molar-refractivity contribution in [2.45, 2.75) is 46.4 Å². The first-order valence-electron chi connectivity index (χ1n) is 11.6. The number of nitrogens with one attached hydrogen (secondary N) is 2. The number of rotatable bonds is 7. The van der Waals surface area contributed by atoms with Crippen molar-refractivity contribution in [3.05, 3.63) is 65.2 Å². The maximum atomic E-state index is 12.6. The number of amides is 2. The molecular formula is C26H36N4O3. The quantitative estimate of drug-likeness (QED) is 0.662. The molecule has 3 rings (SSSR count). The van der Waals surface area contributed by atoms with E-state index in [1.54, 1.807) is 45.0 Å². The molecule has 2 amide bonds. The predicted molar refractivity (Wildman–Crippen MR) is 131 cm³/mol. The molecule has 7 heteroatoms. The zero-order valence-electron chi connectivity index (χ0n) is 20.2. The number of anilines is 1. The first-order valence-corrected chi connectivity index (χ1v) is 11.6. The van der Waals surface area contributed by atoms with E-state index in [2.05, 4.69) is 51.6 Å². The van der Waals surface area contributed by atoms with E-state index in [0.717, 1.165) is 44.8 Å². The Morgan fingerprint density at radius 2 is 1.58 bits per heavy atom. The molecule has 0 unspecified atom stereocenters. The summed E-state index contributed by atoms with van der Waals surface area (Å²) < 4.78 is 5.26. The Balaban J connectivity index is 1.48. The molecule has 1 aliphatic rings. The van der Waals surface area contributed by atoms with Gasteiger partial charge in [0.25, 0.3) is 5.91 Å². The monoisotopic (exact) mass is 452 g/mol.